The Morgan fingerprint density at radius 2 is 1.96 bits per heavy atom. The van der Waals surface area contributed by atoms with E-state index >= 15 is 0 Å². The summed E-state index contributed by atoms with van der Waals surface area (Å²) >= 11 is 11.7. The Hall–Kier alpha value is -2.42. The van der Waals surface area contributed by atoms with Crippen molar-refractivity contribution in [3.8, 4) is 0 Å². The van der Waals surface area contributed by atoms with E-state index in [4.69, 9.17) is 27.7 Å². The smallest absolute Gasteiger partial charge is 0.329 e. The monoisotopic (exact) mass is 396 g/mol. The molecule has 2 N–H and O–H groups in total. The van der Waals surface area contributed by atoms with Gasteiger partial charge in [-0.3, -0.25) is 4.79 Å². The fraction of sp³-hybridized carbons (Fsp3) is 0.250. The predicted molar refractivity (Wildman–Crippen MR) is 94.6 cm³/mol. The van der Waals surface area contributed by atoms with Crippen molar-refractivity contribution >= 4 is 23.2 Å². The highest BCUT2D eigenvalue weighted by Crippen LogP contribution is 2.19. The second-order valence-electron chi connectivity index (χ2n) is 5.64. The molecule has 136 valence electrons. The van der Waals surface area contributed by atoms with Crippen LogP contribution in [0.2, 0.25) is 10.0 Å². The van der Waals surface area contributed by atoms with Gasteiger partial charge in [-0.1, -0.05) is 40.5 Å². The minimum Gasteiger partial charge on any atom is -0.388 e. The van der Waals surface area contributed by atoms with Gasteiger partial charge in [-0.05, 0) is 24.6 Å². The molecule has 0 amide bonds. The molecule has 0 spiro atoms. The standard InChI is InChI=1S/C16H14Cl2N4O4/c1-8-14(18)15(24)22(16(25)19-8)7-13-20-12(21-26-13)6-11(23)9-2-4-10(17)5-3-9/h2-5,11,23H,6-7H2,1H3,(H,19,25). The summed E-state index contributed by atoms with van der Waals surface area (Å²) in [5.74, 6) is 0.293. The van der Waals surface area contributed by atoms with Crippen LogP contribution in [-0.4, -0.2) is 24.8 Å². The lowest BCUT2D eigenvalue weighted by Crippen LogP contribution is -2.36. The zero-order valence-electron chi connectivity index (χ0n) is 13.6. The fourth-order valence-corrected chi connectivity index (χ4v) is 2.62. The molecular formula is C16H14Cl2N4O4. The molecule has 0 aliphatic rings. The number of aryl methyl sites for hydroxylation is 1. The van der Waals surface area contributed by atoms with Crippen molar-refractivity contribution in [2.45, 2.75) is 26.0 Å². The molecule has 3 aromatic rings. The summed E-state index contributed by atoms with van der Waals surface area (Å²) in [7, 11) is 0. The van der Waals surface area contributed by atoms with Crippen LogP contribution in [-0.2, 0) is 13.0 Å². The first-order valence-corrected chi connectivity index (χ1v) is 8.35. The Morgan fingerprint density at radius 1 is 1.27 bits per heavy atom. The van der Waals surface area contributed by atoms with E-state index < -0.39 is 17.4 Å². The molecule has 0 aliphatic carbocycles. The summed E-state index contributed by atoms with van der Waals surface area (Å²) in [6.07, 6.45) is -0.747. The first-order valence-electron chi connectivity index (χ1n) is 7.59. The van der Waals surface area contributed by atoms with E-state index in [1.54, 1.807) is 24.3 Å². The number of hydrogen-bond donors (Lipinski definition) is 2. The van der Waals surface area contributed by atoms with Gasteiger partial charge in [0.05, 0.1) is 6.10 Å². The number of aromatic nitrogens is 4. The largest absolute Gasteiger partial charge is 0.388 e. The highest BCUT2D eigenvalue weighted by Gasteiger charge is 2.16. The van der Waals surface area contributed by atoms with Crippen molar-refractivity contribution in [2.24, 2.45) is 0 Å². The van der Waals surface area contributed by atoms with Crippen LogP contribution in [0.15, 0.2) is 38.4 Å². The number of aromatic amines is 1. The summed E-state index contributed by atoms with van der Waals surface area (Å²) in [4.78, 5) is 30.6. The van der Waals surface area contributed by atoms with Crippen LogP contribution in [0.1, 0.15) is 29.1 Å². The lowest BCUT2D eigenvalue weighted by atomic mass is 10.1. The molecule has 8 nitrogen and oxygen atoms in total. The molecule has 2 heterocycles. The third kappa shape index (κ3) is 3.87. The van der Waals surface area contributed by atoms with Gasteiger partial charge in [0.25, 0.3) is 5.56 Å². The zero-order valence-corrected chi connectivity index (χ0v) is 15.1. The van der Waals surface area contributed by atoms with Crippen LogP contribution in [0, 0.1) is 6.92 Å². The summed E-state index contributed by atoms with van der Waals surface area (Å²) in [5, 5.41) is 14.5. The SMILES string of the molecule is Cc1[nH]c(=O)n(Cc2nc(CC(O)c3ccc(Cl)cc3)no2)c(=O)c1Cl. The maximum atomic E-state index is 12.1. The quantitative estimate of drug-likeness (QED) is 0.679. The highest BCUT2D eigenvalue weighted by atomic mass is 35.5. The van der Waals surface area contributed by atoms with E-state index in [-0.39, 0.29) is 35.4 Å². The number of aliphatic hydroxyl groups is 1. The molecule has 0 saturated carbocycles. The minimum atomic E-state index is -0.849. The average Bonchev–Trinajstić information content (AvgIpc) is 3.04. The number of nitrogens with one attached hydrogen (secondary N) is 1. The molecule has 0 fully saturated rings. The first-order chi connectivity index (χ1) is 12.3. The van der Waals surface area contributed by atoms with Crippen molar-refractivity contribution in [3.63, 3.8) is 0 Å². The third-order valence-corrected chi connectivity index (χ3v) is 4.43. The lowest BCUT2D eigenvalue weighted by molar-refractivity contribution is 0.174. The number of benzene rings is 1. The lowest BCUT2D eigenvalue weighted by Gasteiger charge is -2.08. The summed E-state index contributed by atoms with van der Waals surface area (Å²) < 4.78 is 5.92. The number of H-pyrrole nitrogens is 1. The molecule has 2 aromatic heterocycles. The number of aliphatic hydroxyl groups excluding tert-OH is 1. The van der Waals surface area contributed by atoms with E-state index in [0.717, 1.165) is 4.57 Å². The second-order valence-corrected chi connectivity index (χ2v) is 6.45. The van der Waals surface area contributed by atoms with Gasteiger partial charge in [0.2, 0.25) is 5.89 Å². The Morgan fingerprint density at radius 3 is 2.65 bits per heavy atom. The molecule has 0 saturated heterocycles. The molecule has 10 heteroatoms. The Labute approximate surface area is 157 Å². The molecule has 0 bridgehead atoms. The van der Waals surface area contributed by atoms with Crippen molar-refractivity contribution in [3.05, 3.63) is 78.1 Å². The van der Waals surface area contributed by atoms with Gasteiger partial charge in [-0.2, -0.15) is 4.98 Å². The normalized spacial score (nSPS) is 12.3. The van der Waals surface area contributed by atoms with E-state index in [2.05, 4.69) is 15.1 Å². The van der Waals surface area contributed by atoms with Crippen LogP contribution < -0.4 is 11.2 Å². The van der Waals surface area contributed by atoms with Crippen LogP contribution in [0.4, 0.5) is 0 Å². The Balaban J connectivity index is 1.77. The number of nitrogens with zero attached hydrogens (tertiary/aromatic N) is 3. The maximum absolute atomic E-state index is 12.1. The number of hydrogen-bond acceptors (Lipinski definition) is 6. The van der Waals surface area contributed by atoms with Gasteiger partial charge in [-0.15, -0.1) is 0 Å². The van der Waals surface area contributed by atoms with Crippen molar-refractivity contribution in [2.75, 3.05) is 0 Å². The van der Waals surface area contributed by atoms with Gasteiger partial charge in [0, 0.05) is 17.1 Å². The first kappa shape index (κ1) is 18.4. The van der Waals surface area contributed by atoms with Crippen LogP contribution in [0.5, 0.6) is 0 Å². The number of halogens is 2. The van der Waals surface area contributed by atoms with Gasteiger partial charge >= 0.3 is 5.69 Å². The fourth-order valence-electron chi connectivity index (χ4n) is 2.35. The van der Waals surface area contributed by atoms with E-state index in [1.807, 2.05) is 0 Å². The van der Waals surface area contributed by atoms with E-state index in [9.17, 15) is 14.7 Å². The third-order valence-electron chi connectivity index (χ3n) is 3.74. The van der Waals surface area contributed by atoms with Gasteiger partial charge in [0.1, 0.15) is 11.6 Å². The van der Waals surface area contributed by atoms with E-state index in [1.165, 1.54) is 6.92 Å². The van der Waals surface area contributed by atoms with E-state index in [0.29, 0.717) is 10.6 Å². The predicted octanol–water partition coefficient (Wildman–Crippen LogP) is 1.86. The van der Waals surface area contributed by atoms with Crippen molar-refractivity contribution < 1.29 is 9.63 Å². The summed E-state index contributed by atoms with van der Waals surface area (Å²) in [6, 6.07) is 6.73. The molecule has 3 rings (SSSR count). The summed E-state index contributed by atoms with van der Waals surface area (Å²) in [6.45, 7) is 1.30. The molecule has 0 aliphatic heterocycles. The average molecular weight is 397 g/mol. The Bertz CT molecular complexity index is 1040. The van der Waals surface area contributed by atoms with Gasteiger partial charge in [0.15, 0.2) is 5.82 Å². The second kappa shape index (κ2) is 7.45. The van der Waals surface area contributed by atoms with Crippen LogP contribution in [0.25, 0.3) is 0 Å². The van der Waals surface area contributed by atoms with Gasteiger partial charge < -0.3 is 14.6 Å². The van der Waals surface area contributed by atoms with Crippen molar-refractivity contribution in [1.29, 1.82) is 0 Å². The molecular weight excluding hydrogens is 383 g/mol. The molecule has 1 atom stereocenters. The number of rotatable bonds is 5. The Kier molecular flexibility index (Phi) is 5.26. The maximum Gasteiger partial charge on any atom is 0.329 e. The molecule has 0 radical (unpaired) electrons. The van der Waals surface area contributed by atoms with Gasteiger partial charge in [-0.25, -0.2) is 9.36 Å². The zero-order chi connectivity index (χ0) is 18.8. The molecule has 1 aromatic carbocycles. The van der Waals surface area contributed by atoms with Crippen LogP contribution >= 0.6 is 23.2 Å². The van der Waals surface area contributed by atoms with Crippen molar-refractivity contribution in [1.82, 2.24) is 19.7 Å². The molecule has 1 unspecified atom stereocenters. The summed E-state index contributed by atoms with van der Waals surface area (Å²) in [5.41, 5.74) is -0.333. The van der Waals surface area contributed by atoms with Crippen LogP contribution in [0.3, 0.4) is 0 Å². The topological polar surface area (TPSA) is 114 Å². The minimum absolute atomic E-state index is 0.0517. The molecule has 26 heavy (non-hydrogen) atoms. The highest BCUT2D eigenvalue weighted by molar-refractivity contribution is 6.31.